The standard InChI is InChI=1S/C12H17BrOS/c1-9-8-10(4-5-11(9)13)15-7-6-12(2,3)14/h4-5,8,14H,6-7H2,1-3H3. The van der Waals surface area contributed by atoms with Crippen LogP contribution in [0.5, 0.6) is 0 Å². The Balaban J connectivity index is 2.48. The minimum Gasteiger partial charge on any atom is -0.390 e. The molecule has 0 aliphatic heterocycles. The number of rotatable bonds is 4. The van der Waals surface area contributed by atoms with Gasteiger partial charge in [0, 0.05) is 15.1 Å². The van der Waals surface area contributed by atoms with Crippen LogP contribution in [0.1, 0.15) is 25.8 Å². The average Bonchev–Trinajstić information content (AvgIpc) is 2.09. The Morgan fingerprint density at radius 2 is 2.07 bits per heavy atom. The number of hydrogen-bond donors (Lipinski definition) is 1. The molecule has 0 amide bonds. The van der Waals surface area contributed by atoms with Crippen molar-refractivity contribution in [2.45, 2.75) is 37.7 Å². The molecule has 1 rings (SSSR count). The van der Waals surface area contributed by atoms with Crippen LogP contribution in [-0.4, -0.2) is 16.5 Å². The van der Waals surface area contributed by atoms with E-state index in [-0.39, 0.29) is 0 Å². The summed E-state index contributed by atoms with van der Waals surface area (Å²) in [5.41, 5.74) is 0.695. The molecule has 0 aromatic heterocycles. The molecule has 1 nitrogen and oxygen atoms in total. The van der Waals surface area contributed by atoms with Crippen LogP contribution in [0.4, 0.5) is 0 Å². The Labute approximate surface area is 104 Å². The molecule has 0 aliphatic carbocycles. The van der Waals surface area contributed by atoms with E-state index in [1.165, 1.54) is 10.5 Å². The van der Waals surface area contributed by atoms with Crippen molar-refractivity contribution in [2.75, 3.05) is 5.75 Å². The first-order valence-electron chi connectivity index (χ1n) is 5.00. The Bertz CT molecular complexity index is 331. The molecule has 84 valence electrons. The van der Waals surface area contributed by atoms with E-state index < -0.39 is 5.60 Å². The minimum absolute atomic E-state index is 0.558. The van der Waals surface area contributed by atoms with Crippen LogP contribution < -0.4 is 0 Å². The second kappa shape index (κ2) is 5.37. The zero-order valence-corrected chi connectivity index (χ0v) is 11.8. The van der Waals surface area contributed by atoms with Gasteiger partial charge in [0.15, 0.2) is 0 Å². The monoisotopic (exact) mass is 288 g/mol. The van der Waals surface area contributed by atoms with Crippen molar-refractivity contribution in [3.8, 4) is 0 Å². The smallest absolute Gasteiger partial charge is 0.0599 e. The number of benzene rings is 1. The molecule has 0 aliphatic rings. The molecule has 3 heteroatoms. The van der Waals surface area contributed by atoms with Gasteiger partial charge in [-0.05, 0) is 51.0 Å². The topological polar surface area (TPSA) is 20.2 Å². The van der Waals surface area contributed by atoms with E-state index >= 15 is 0 Å². The number of thioether (sulfide) groups is 1. The van der Waals surface area contributed by atoms with Gasteiger partial charge in [-0.15, -0.1) is 11.8 Å². The van der Waals surface area contributed by atoms with Crippen molar-refractivity contribution in [1.29, 1.82) is 0 Å². The third-order valence-electron chi connectivity index (χ3n) is 2.11. The molecule has 0 heterocycles. The summed E-state index contributed by atoms with van der Waals surface area (Å²) in [6.07, 6.45) is 0.812. The molecule has 15 heavy (non-hydrogen) atoms. The SMILES string of the molecule is Cc1cc(SCCC(C)(C)O)ccc1Br. The fourth-order valence-corrected chi connectivity index (χ4v) is 2.63. The van der Waals surface area contributed by atoms with Gasteiger partial charge in [-0.3, -0.25) is 0 Å². The van der Waals surface area contributed by atoms with Crippen LogP contribution in [-0.2, 0) is 0 Å². The van der Waals surface area contributed by atoms with Crippen molar-refractivity contribution < 1.29 is 5.11 Å². The highest BCUT2D eigenvalue weighted by Gasteiger charge is 2.11. The summed E-state index contributed by atoms with van der Waals surface area (Å²) in [4.78, 5) is 1.26. The Morgan fingerprint density at radius 3 is 2.60 bits per heavy atom. The van der Waals surface area contributed by atoms with Gasteiger partial charge in [0.05, 0.1) is 5.60 Å². The second-order valence-corrected chi connectivity index (χ2v) is 6.34. The van der Waals surface area contributed by atoms with Crippen molar-refractivity contribution in [2.24, 2.45) is 0 Å². The number of hydrogen-bond acceptors (Lipinski definition) is 2. The molecule has 0 saturated heterocycles. The summed E-state index contributed by atoms with van der Waals surface area (Å²) in [6, 6.07) is 6.34. The summed E-state index contributed by atoms with van der Waals surface area (Å²) in [7, 11) is 0. The maximum Gasteiger partial charge on any atom is 0.0599 e. The lowest BCUT2D eigenvalue weighted by Gasteiger charge is -2.16. The van der Waals surface area contributed by atoms with Gasteiger partial charge in [0.2, 0.25) is 0 Å². The summed E-state index contributed by atoms with van der Waals surface area (Å²) in [6.45, 7) is 5.78. The van der Waals surface area contributed by atoms with Crippen LogP contribution in [0.2, 0.25) is 0 Å². The molecule has 0 fully saturated rings. The maximum absolute atomic E-state index is 9.57. The normalized spacial score (nSPS) is 11.8. The van der Waals surface area contributed by atoms with E-state index in [0.29, 0.717) is 0 Å². The summed E-state index contributed by atoms with van der Waals surface area (Å²) in [5, 5.41) is 9.57. The van der Waals surface area contributed by atoms with Crippen molar-refractivity contribution in [3.05, 3.63) is 28.2 Å². The molecule has 0 atom stereocenters. The Kier molecular flexibility index (Phi) is 4.68. The van der Waals surface area contributed by atoms with Crippen LogP contribution in [0.15, 0.2) is 27.6 Å². The minimum atomic E-state index is -0.558. The molecule has 1 aromatic rings. The van der Waals surface area contributed by atoms with E-state index in [1.807, 2.05) is 13.8 Å². The Morgan fingerprint density at radius 1 is 1.40 bits per heavy atom. The quantitative estimate of drug-likeness (QED) is 0.845. The molecule has 0 bridgehead atoms. The van der Waals surface area contributed by atoms with E-state index in [1.54, 1.807) is 11.8 Å². The van der Waals surface area contributed by atoms with Crippen molar-refractivity contribution in [3.63, 3.8) is 0 Å². The number of aryl methyl sites for hydroxylation is 1. The number of aliphatic hydroxyl groups is 1. The van der Waals surface area contributed by atoms with Gasteiger partial charge in [-0.1, -0.05) is 15.9 Å². The maximum atomic E-state index is 9.57. The summed E-state index contributed by atoms with van der Waals surface area (Å²) in [5.74, 6) is 0.949. The summed E-state index contributed by atoms with van der Waals surface area (Å²) < 4.78 is 1.15. The number of halogens is 1. The fraction of sp³-hybridized carbons (Fsp3) is 0.500. The van der Waals surface area contributed by atoms with Crippen LogP contribution in [0, 0.1) is 6.92 Å². The lowest BCUT2D eigenvalue weighted by atomic mass is 10.1. The predicted octanol–water partition coefficient (Wildman–Crippen LogP) is 4.01. The molecule has 0 saturated carbocycles. The molecule has 1 N–H and O–H groups in total. The largest absolute Gasteiger partial charge is 0.390 e. The van der Waals surface area contributed by atoms with E-state index in [9.17, 15) is 5.11 Å². The molecule has 0 radical (unpaired) electrons. The first-order valence-corrected chi connectivity index (χ1v) is 6.78. The molecule has 0 spiro atoms. The van der Waals surface area contributed by atoms with Crippen molar-refractivity contribution >= 4 is 27.7 Å². The van der Waals surface area contributed by atoms with Crippen LogP contribution >= 0.6 is 27.7 Å². The van der Waals surface area contributed by atoms with Gasteiger partial charge in [-0.2, -0.15) is 0 Å². The zero-order valence-electron chi connectivity index (χ0n) is 9.38. The van der Waals surface area contributed by atoms with Crippen LogP contribution in [0.25, 0.3) is 0 Å². The second-order valence-electron chi connectivity index (χ2n) is 4.32. The highest BCUT2D eigenvalue weighted by Crippen LogP contribution is 2.26. The fourth-order valence-electron chi connectivity index (χ4n) is 1.13. The zero-order chi connectivity index (χ0) is 11.5. The van der Waals surface area contributed by atoms with Gasteiger partial charge < -0.3 is 5.11 Å². The van der Waals surface area contributed by atoms with Gasteiger partial charge >= 0.3 is 0 Å². The lowest BCUT2D eigenvalue weighted by molar-refractivity contribution is 0.0778. The molecule has 0 unspecified atom stereocenters. The average molecular weight is 289 g/mol. The molecular weight excluding hydrogens is 272 g/mol. The first kappa shape index (κ1) is 13.1. The van der Waals surface area contributed by atoms with E-state index in [2.05, 4.69) is 41.1 Å². The highest BCUT2D eigenvalue weighted by molar-refractivity contribution is 9.10. The highest BCUT2D eigenvalue weighted by atomic mass is 79.9. The van der Waals surface area contributed by atoms with Crippen LogP contribution in [0.3, 0.4) is 0 Å². The molecule has 1 aromatic carbocycles. The van der Waals surface area contributed by atoms with Gasteiger partial charge in [0.25, 0.3) is 0 Å². The van der Waals surface area contributed by atoms with E-state index in [0.717, 1.165) is 16.6 Å². The lowest BCUT2D eigenvalue weighted by Crippen LogP contribution is -2.18. The summed E-state index contributed by atoms with van der Waals surface area (Å²) >= 11 is 5.27. The third kappa shape index (κ3) is 5.05. The van der Waals surface area contributed by atoms with Crippen molar-refractivity contribution in [1.82, 2.24) is 0 Å². The van der Waals surface area contributed by atoms with Gasteiger partial charge in [-0.25, -0.2) is 0 Å². The van der Waals surface area contributed by atoms with Gasteiger partial charge in [0.1, 0.15) is 0 Å². The predicted molar refractivity (Wildman–Crippen MR) is 70.5 cm³/mol. The first-order chi connectivity index (χ1) is 6.88. The third-order valence-corrected chi connectivity index (χ3v) is 4.00. The Hall–Kier alpha value is 0.01000. The van der Waals surface area contributed by atoms with E-state index in [4.69, 9.17) is 0 Å². The molecular formula is C12H17BrOS.